The lowest BCUT2D eigenvalue weighted by Crippen LogP contribution is -2.15. The minimum absolute atomic E-state index is 0.113. The van der Waals surface area contributed by atoms with Crippen molar-refractivity contribution in [1.29, 1.82) is 0 Å². The molecule has 0 radical (unpaired) electrons. The van der Waals surface area contributed by atoms with E-state index in [1.807, 2.05) is 12.1 Å². The van der Waals surface area contributed by atoms with E-state index >= 15 is 0 Å². The van der Waals surface area contributed by atoms with Gasteiger partial charge in [0.2, 0.25) is 0 Å². The number of para-hydroxylation sites is 2. The summed E-state index contributed by atoms with van der Waals surface area (Å²) >= 11 is 0. The first-order valence-corrected chi connectivity index (χ1v) is 36.4. The summed E-state index contributed by atoms with van der Waals surface area (Å²) in [5, 5.41) is 7.22. The number of nitrogens with zero attached hydrogens (tertiary/aromatic N) is 6. The largest absolute Gasteiger partial charge is 0.309 e. The molecule has 0 saturated heterocycles. The van der Waals surface area contributed by atoms with Crippen LogP contribution in [-0.2, 0) is 10.8 Å². The van der Waals surface area contributed by atoms with Crippen LogP contribution < -0.4 is 0 Å². The maximum Gasteiger partial charge on any atom is 0.164 e. The summed E-state index contributed by atoms with van der Waals surface area (Å²) in [6.07, 6.45) is 0. The van der Waals surface area contributed by atoms with Crippen molar-refractivity contribution in [2.75, 3.05) is 0 Å². The number of hydrogen-bond acceptors (Lipinski definition) is 3. The van der Waals surface area contributed by atoms with Crippen LogP contribution >= 0.6 is 0 Å². The van der Waals surface area contributed by atoms with Gasteiger partial charge in [-0.2, -0.15) is 0 Å². The molecule has 0 fully saturated rings. The SMILES string of the molecule is CC1(C)c2ccccc2-c2ccc(-n3c4ccccc4c4cc(-c5ccc6c(c5)c5cc(-c7ccc8c(c7)c7ccccc7n8-c7cccc(-c8nc(-c9ccc(-c%10ccccc%10)cc9)nc(-c9ccc(-c%10ccccc%10)cc9)n8)c7)ccc5n6-c5ccc6c(c5)C(C)(C)c5ccccc5-6)ccc43)cc21. The molecule has 6 nitrogen and oxygen atoms in total. The van der Waals surface area contributed by atoms with E-state index in [9.17, 15) is 0 Å². The van der Waals surface area contributed by atoms with Crippen LogP contribution in [0.25, 0.3) is 183 Å². The Morgan fingerprint density at radius 1 is 0.190 bits per heavy atom. The number of rotatable bonds is 10. The van der Waals surface area contributed by atoms with Gasteiger partial charge in [0.15, 0.2) is 17.5 Å². The Hall–Kier alpha value is -13.3. The minimum atomic E-state index is -0.160. The summed E-state index contributed by atoms with van der Waals surface area (Å²) in [4.78, 5) is 15.7. The molecule has 0 atom stereocenters. The molecule has 0 aliphatic heterocycles. The number of fused-ring (bicyclic) bond motifs is 15. The molecule has 0 spiro atoms. The highest BCUT2D eigenvalue weighted by Crippen LogP contribution is 2.52. The second-order valence-corrected chi connectivity index (χ2v) is 29.5. The smallest absolute Gasteiger partial charge is 0.164 e. The molecule has 494 valence electrons. The van der Waals surface area contributed by atoms with Crippen LogP contribution in [0.15, 0.2) is 340 Å². The molecule has 105 heavy (non-hydrogen) atoms. The highest BCUT2D eigenvalue weighted by molar-refractivity contribution is 6.15. The van der Waals surface area contributed by atoms with Gasteiger partial charge in [0, 0.05) is 76.9 Å². The van der Waals surface area contributed by atoms with Crippen LogP contribution in [0, 0.1) is 0 Å². The highest BCUT2D eigenvalue weighted by Gasteiger charge is 2.37. The standard InChI is InChI=1S/C99H68N6/c1-98(2)85-30-15-11-26-75(85)77-48-46-73(59-87(77)98)104-90-33-18-14-29-80(90)82-56-68(43-51-92(82)104)70-45-53-94-84(58-70)83-57-69(44-52-93(83)105(94)74-47-49-78-76-27-12-16-31-86(76)99(3,4)88(78)60-74)67-42-50-91-81(55-67)79-28-13-17-32-89(79)103(91)72-25-19-24-71(54-72)97-101-95(65-38-34-63(35-39-65)61-20-7-5-8-21-61)100-96(102-97)66-40-36-64(37-41-66)62-22-9-6-10-23-62/h5-60H,1-4H3. The molecule has 0 amide bonds. The predicted octanol–water partition coefficient (Wildman–Crippen LogP) is 25.4. The maximum atomic E-state index is 5.28. The molecule has 6 heteroatoms. The van der Waals surface area contributed by atoms with Gasteiger partial charge in [0.1, 0.15) is 0 Å². The van der Waals surface area contributed by atoms with E-state index in [0.717, 1.165) is 78.0 Å². The van der Waals surface area contributed by atoms with Crippen molar-refractivity contribution >= 4 is 65.4 Å². The van der Waals surface area contributed by atoms with E-state index in [1.165, 1.54) is 110 Å². The van der Waals surface area contributed by atoms with Crippen molar-refractivity contribution in [2.24, 2.45) is 0 Å². The molecule has 2 aliphatic carbocycles. The first-order valence-electron chi connectivity index (χ1n) is 36.4. The fourth-order valence-corrected chi connectivity index (χ4v) is 17.6. The summed E-state index contributed by atoms with van der Waals surface area (Å²) < 4.78 is 7.36. The van der Waals surface area contributed by atoms with Crippen molar-refractivity contribution in [3.8, 4) is 118 Å². The fourth-order valence-electron chi connectivity index (χ4n) is 17.6. The maximum absolute atomic E-state index is 5.28. The van der Waals surface area contributed by atoms with Crippen LogP contribution in [-0.4, -0.2) is 28.7 Å². The second-order valence-electron chi connectivity index (χ2n) is 29.5. The van der Waals surface area contributed by atoms with Crippen molar-refractivity contribution in [1.82, 2.24) is 28.7 Å². The number of benzene rings is 15. The Kier molecular flexibility index (Phi) is 13.3. The molecule has 0 unspecified atom stereocenters. The van der Waals surface area contributed by atoms with Crippen LogP contribution in [0.3, 0.4) is 0 Å². The van der Waals surface area contributed by atoms with E-state index in [4.69, 9.17) is 15.0 Å². The van der Waals surface area contributed by atoms with Gasteiger partial charge in [-0.25, -0.2) is 15.0 Å². The zero-order valence-electron chi connectivity index (χ0n) is 58.5. The van der Waals surface area contributed by atoms with E-state index in [1.54, 1.807) is 0 Å². The monoisotopic (exact) mass is 1340 g/mol. The molecular weight excluding hydrogens is 1270 g/mol. The molecule has 0 bridgehead atoms. The molecule has 21 rings (SSSR count). The van der Waals surface area contributed by atoms with Gasteiger partial charge in [-0.1, -0.05) is 270 Å². The van der Waals surface area contributed by atoms with Crippen molar-refractivity contribution < 1.29 is 0 Å². The van der Waals surface area contributed by atoms with Crippen LogP contribution in [0.5, 0.6) is 0 Å². The average molecular weight is 1340 g/mol. The Morgan fingerprint density at radius 3 is 0.905 bits per heavy atom. The highest BCUT2D eigenvalue weighted by atomic mass is 15.0. The summed E-state index contributed by atoms with van der Waals surface area (Å²) in [6, 6.07) is 125. The Bertz CT molecular complexity index is 6700. The lowest BCUT2D eigenvalue weighted by atomic mass is 9.82. The summed E-state index contributed by atoms with van der Waals surface area (Å²) in [7, 11) is 0. The van der Waals surface area contributed by atoms with E-state index in [0.29, 0.717) is 17.5 Å². The Labute approximate surface area is 608 Å². The minimum Gasteiger partial charge on any atom is -0.309 e. The van der Waals surface area contributed by atoms with Gasteiger partial charge < -0.3 is 13.7 Å². The summed E-state index contributed by atoms with van der Waals surface area (Å²) in [5.41, 5.74) is 32.7. The van der Waals surface area contributed by atoms with Gasteiger partial charge in [0.25, 0.3) is 0 Å². The first kappa shape index (κ1) is 60.5. The Balaban J connectivity index is 0.684. The van der Waals surface area contributed by atoms with Gasteiger partial charge in [-0.3, -0.25) is 0 Å². The second kappa shape index (κ2) is 23.1. The quantitative estimate of drug-likeness (QED) is 0.137. The fraction of sp³-hybridized carbons (Fsp3) is 0.0606. The average Bonchev–Trinajstić information content (AvgIpc) is 1.57. The van der Waals surface area contributed by atoms with Gasteiger partial charge >= 0.3 is 0 Å². The molecule has 15 aromatic carbocycles. The van der Waals surface area contributed by atoms with Crippen molar-refractivity contribution in [2.45, 2.75) is 38.5 Å². The van der Waals surface area contributed by atoms with E-state index in [2.05, 4.69) is 369 Å². The van der Waals surface area contributed by atoms with Crippen molar-refractivity contribution in [3.05, 3.63) is 362 Å². The molecular formula is C99H68N6. The zero-order chi connectivity index (χ0) is 69.8. The molecule has 4 heterocycles. The lowest BCUT2D eigenvalue weighted by Gasteiger charge is -2.22. The van der Waals surface area contributed by atoms with E-state index < -0.39 is 0 Å². The van der Waals surface area contributed by atoms with Crippen LogP contribution in [0.4, 0.5) is 0 Å². The first-order chi connectivity index (χ1) is 51.5. The van der Waals surface area contributed by atoms with Gasteiger partial charge in [-0.15, -0.1) is 0 Å². The predicted molar refractivity (Wildman–Crippen MR) is 436 cm³/mol. The number of hydrogen-bond donors (Lipinski definition) is 0. The van der Waals surface area contributed by atoms with Gasteiger partial charge in [0.05, 0.1) is 33.1 Å². The molecule has 0 saturated carbocycles. The third-order valence-corrected chi connectivity index (χ3v) is 22.9. The number of aromatic nitrogens is 6. The van der Waals surface area contributed by atoms with Crippen LogP contribution in [0.1, 0.15) is 49.9 Å². The lowest BCUT2D eigenvalue weighted by molar-refractivity contribution is 0.660. The third kappa shape index (κ3) is 9.46. The molecule has 4 aromatic heterocycles. The third-order valence-electron chi connectivity index (χ3n) is 22.9. The molecule has 2 aliphatic rings. The normalized spacial score (nSPS) is 13.3. The zero-order valence-corrected chi connectivity index (χ0v) is 58.5. The van der Waals surface area contributed by atoms with E-state index in [-0.39, 0.29) is 10.8 Å². The Morgan fingerprint density at radius 2 is 0.486 bits per heavy atom. The van der Waals surface area contributed by atoms with Crippen molar-refractivity contribution in [3.63, 3.8) is 0 Å². The van der Waals surface area contributed by atoms with Crippen LogP contribution in [0.2, 0.25) is 0 Å². The molecule has 0 N–H and O–H groups in total. The molecule has 19 aromatic rings. The summed E-state index contributed by atoms with van der Waals surface area (Å²) in [6.45, 7) is 9.48. The topological polar surface area (TPSA) is 53.5 Å². The van der Waals surface area contributed by atoms with Gasteiger partial charge in [-0.05, 0) is 186 Å². The summed E-state index contributed by atoms with van der Waals surface area (Å²) in [5.74, 6) is 1.82.